The molecular weight excluding hydrogens is 322 g/mol. The molecule has 3 rings (SSSR count). The quantitative estimate of drug-likeness (QED) is 0.892. The highest BCUT2D eigenvalue weighted by atomic mass is 16.5. The van der Waals surface area contributed by atoms with Crippen molar-refractivity contribution in [3.05, 3.63) is 53.3 Å². The Labute approximate surface area is 145 Å². The molecule has 7 heteroatoms. The van der Waals surface area contributed by atoms with Gasteiger partial charge in [0.1, 0.15) is 6.10 Å². The van der Waals surface area contributed by atoms with Crippen molar-refractivity contribution in [3.8, 4) is 0 Å². The van der Waals surface area contributed by atoms with Crippen molar-refractivity contribution in [2.45, 2.75) is 18.9 Å². The number of nitrogens with zero attached hydrogens (tertiary/aromatic N) is 3. The van der Waals surface area contributed by atoms with Gasteiger partial charge in [-0.2, -0.15) is 5.10 Å². The number of rotatable bonds is 5. The second kappa shape index (κ2) is 7.48. The molecule has 1 fully saturated rings. The molecule has 1 N–H and O–H groups in total. The minimum Gasteiger partial charge on any atom is -0.478 e. The summed E-state index contributed by atoms with van der Waals surface area (Å²) >= 11 is 0. The predicted octanol–water partition coefficient (Wildman–Crippen LogP) is 1.65. The lowest BCUT2D eigenvalue weighted by Crippen LogP contribution is -2.42. The van der Waals surface area contributed by atoms with E-state index in [2.05, 4.69) is 5.10 Å². The molecular formula is C18H21N3O4. The fourth-order valence-electron chi connectivity index (χ4n) is 2.91. The molecule has 0 spiro atoms. The largest absolute Gasteiger partial charge is 0.478 e. The first-order valence-electron chi connectivity index (χ1n) is 8.23. The molecule has 2 aromatic rings. The Morgan fingerprint density at radius 3 is 2.72 bits per heavy atom. The summed E-state index contributed by atoms with van der Waals surface area (Å²) in [6, 6.07) is 6.65. The zero-order valence-electron chi connectivity index (χ0n) is 14.1. The summed E-state index contributed by atoms with van der Waals surface area (Å²) in [6.07, 6.45) is 4.52. The highest BCUT2D eigenvalue weighted by molar-refractivity contribution is 5.87. The number of carbonyl (C=O) groups excluding carboxylic acids is 1. The van der Waals surface area contributed by atoms with E-state index >= 15 is 0 Å². The highest BCUT2D eigenvalue weighted by Gasteiger charge is 2.25. The lowest BCUT2D eigenvalue weighted by Gasteiger charge is -2.32. The molecule has 1 saturated heterocycles. The third kappa shape index (κ3) is 4.24. The number of carboxylic acids is 1. The monoisotopic (exact) mass is 343 g/mol. The Hall–Kier alpha value is -2.67. The van der Waals surface area contributed by atoms with Crippen LogP contribution in [0.1, 0.15) is 34.0 Å². The summed E-state index contributed by atoms with van der Waals surface area (Å²) in [6.45, 7) is 1.63. The van der Waals surface area contributed by atoms with E-state index in [1.54, 1.807) is 35.1 Å². The standard InChI is InChI=1S/C18H21N3O4/c1-20-11-15(10-19-20)16-12-21(8-9-25-16)17(22)7-4-13-2-5-14(6-3-13)18(23)24/h2-3,5-6,10-11,16H,4,7-9,12H2,1H3,(H,23,24). The Balaban J connectivity index is 1.54. The minimum absolute atomic E-state index is 0.0829. The summed E-state index contributed by atoms with van der Waals surface area (Å²) < 4.78 is 7.48. The number of amides is 1. The number of aromatic nitrogens is 2. The molecule has 2 heterocycles. The van der Waals surface area contributed by atoms with Crippen molar-refractivity contribution in [3.63, 3.8) is 0 Å². The third-order valence-electron chi connectivity index (χ3n) is 4.34. The normalized spacial score (nSPS) is 17.5. The third-order valence-corrected chi connectivity index (χ3v) is 4.34. The lowest BCUT2D eigenvalue weighted by molar-refractivity contribution is -0.139. The first kappa shape index (κ1) is 17.2. The van der Waals surface area contributed by atoms with Crippen LogP contribution in [-0.4, -0.2) is 51.4 Å². The van der Waals surface area contributed by atoms with E-state index in [1.807, 2.05) is 18.1 Å². The van der Waals surface area contributed by atoms with Gasteiger partial charge in [0.2, 0.25) is 5.91 Å². The highest BCUT2D eigenvalue weighted by Crippen LogP contribution is 2.22. The van der Waals surface area contributed by atoms with E-state index < -0.39 is 5.97 Å². The number of hydrogen-bond acceptors (Lipinski definition) is 4. The van der Waals surface area contributed by atoms with Crippen LogP contribution < -0.4 is 0 Å². The van der Waals surface area contributed by atoms with Crippen LogP contribution in [0.4, 0.5) is 0 Å². The fraction of sp³-hybridized carbons (Fsp3) is 0.389. The number of ether oxygens (including phenoxy) is 1. The average Bonchev–Trinajstić information content (AvgIpc) is 3.06. The molecule has 7 nitrogen and oxygen atoms in total. The molecule has 0 radical (unpaired) electrons. The van der Waals surface area contributed by atoms with E-state index in [-0.39, 0.29) is 17.6 Å². The van der Waals surface area contributed by atoms with Crippen molar-refractivity contribution in [1.29, 1.82) is 0 Å². The fourth-order valence-corrected chi connectivity index (χ4v) is 2.91. The van der Waals surface area contributed by atoms with Gasteiger partial charge in [0.05, 0.1) is 24.9 Å². The molecule has 0 saturated carbocycles. The van der Waals surface area contributed by atoms with Crippen LogP contribution in [0.2, 0.25) is 0 Å². The summed E-state index contributed by atoms with van der Waals surface area (Å²) in [4.78, 5) is 25.2. The van der Waals surface area contributed by atoms with E-state index in [0.29, 0.717) is 32.5 Å². The van der Waals surface area contributed by atoms with Gasteiger partial charge in [0.15, 0.2) is 0 Å². The molecule has 1 amide bonds. The summed E-state index contributed by atoms with van der Waals surface area (Å²) in [5, 5.41) is 13.1. The molecule has 1 aliphatic heterocycles. The maximum absolute atomic E-state index is 12.5. The van der Waals surface area contributed by atoms with Crippen molar-refractivity contribution in [2.24, 2.45) is 7.05 Å². The maximum atomic E-state index is 12.5. The van der Waals surface area contributed by atoms with Crippen LogP contribution in [0.5, 0.6) is 0 Å². The molecule has 1 unspecified atom stereocenters. The number of benzene rings is 1. The number of aryl methyl sites for hydroxylation is 2. The maximum Gasteiger partial charge on any atom is 0.335 e. The Bertz CT molecular complexity index is 754. The van der Waals surface area contributed by atoms with Gasteiger partial charge in [-0.05, 0) is 24.1 Å². The van der Waals surface area contributed by atoms with Crippen molar-refractivity contribution in [1.82, 2.24) is 14.7 Å². The number of carboxylic acid groups (broad SMARTS) is 1. The molecule has 1 aromatic carbocycles. The first-order chi connectivity index (χ1) is 12.0. The summed E-state index contributed by atoms with van der Waals surface area (Å²) in [7, 11) is 1.85. The molecule has 0 aliphatic carbocycles. The zero-order valence-corrected chi connectivity index (χ0v) is 14.1. The molecule has 132 valence electrons. The van der Waals surface area contributed by atoms with Crippen molar-refractivity contribution < 1.29 is 19.4 Å². The molecule has 1 aliphatic rings. The summed E-state index contributed by atoms with van der Waals surface area (Å²) in [5.74, 6) is -0.864. The van der Waals surface area contributed by atoms with Gasteiger partial charge in [-0.15, -0.1) is 0 Å². The summed E-state index contributed by atoms with van der Waals surface area (Å²) in [5.41, 5.74) is 2.18. The second-order valence-electron chi connectivity index (χ2n) is 6.15. The van der Waals surface area contributed by atoms with Crippen molar-refractivity contribution >= 4 is 11.9 Å². The zero-order chi connectivity index (χ0) is 17.8. The van der Waals surface area contributed by atoms with E-state index in [1.165, 1.54) is 0 Å². The Morgan fingerprint density at radius 2 is 2.08 bits per heavy atom. The van der Waals surface area contributed by atoms with E-state index in [0.717, 1.165) is 11.1 Å². The first-order valence-corrected chi connectivity index (χ1v) is 8.23. The van der Waals surface area contributed by atoms with Gasteiger partial charge in [-0.1, -0.05) is 12.1 Å². The lowest BCUT2D eigenvalue weighted by atomic mass is 10.1. The Kier molecular flexibility index (Phi) is 5.14. The second-order valence-corrected chi connectivity index (χ2v) is 6.15. The van der Waals surface area contributed by atoms with Gasteiger partial charge in [-0.3, -0.25) is 9.48 Å². The van der Waals surface area contributed by atoms with E-state index in [4.69, 9.17) is 9.84 Å². The van der Waals surface area contributed by atoms with Crippen LogP contribution in [-0.2, 0) is 23.0 Å². The number of morpholine rings is 1. The van der Waals surface area contributed by atoms with Crippen LogP contribution in [0, 0.1) is 0 Å². The average molecular weight is 343 g/mol. The molecule has 1 atom stereocenters. The topological polar surface area (TPSA) is 84.7 Å². The van der Waals surface area contributed by atoms with Crippen LogP contribution in [0.15, 0.2) is 36.7 Å². The Morgan fingerprint density at radius 1 is 1.32 bits per heavy atom. The van der Waals surface area contributed by atoms with Crippen LogP contribution in [0.25, 0.3) is 0 Å². The van der Waals surface area contributed by atoms with Gasteiger partial charge in [0, 0.05) is 31.8 Å². The van der Waals surface area contributed by atoms with Crippen LogP contribution in [0.3, 0.4) is 0 Å². The molecule has 1 aromatic heterocycles. The number of aromatic carboxylic acids is 1. The number of hydrogen-bond donors (Lipinski definition) is 1. The van der Waals surface area contributed by atoms with Crippen LogP contribution >= 0.6 is 0 Å². The van der Waals surface area contributed by atoms with E-state index in [9.17, 15) is 9.59 Å². The van der Waals surface area contributed by atoms with Gasteiger partial charge in [0.25, 0.3) is 0 Å². The molecule has 25 heavy (non-hydrogen) atoms. The smallest absolute Gasteiger partial charge is 0.335 e. The van der Waals surface area contributed by atoms with Crippen molar-refractivity contribution in [2.75, 3.05) is 19.7 Å². The molecule has 0 bridgehead atoms. The van der Waals surface area contributed by atoms with Gasteiger partial charge in [-0.25, -0.2) is 4.79 Å². The van der Waals surface area contributed by atoms with Gasteiger partial charge < -0.3 is 14.7 Å². The number of carbonyl (C=O) groups is 2. The SMILES string of the molecule is Cn1cc(C2CN(C(=O)CCc3ccc(C(=O)O)cc3)CCO2)cn1. The van der Waals surface area contributed by atoms with Gasteiger partial charge >= 0.3 is 5.97 Å². The minimum atomic E-state index is -0.947. The predicted molar refractivity (Wildman–Crippen MR) is 90.2 cm³/mol.